The van der Waals surface area contributed by atoms with E-state index in [9.17, 15) is 0 Å². The van der Waals surface area contributed by atoms with E-state index in [1.165, 1.54) is 16.8 Å². The molecular weight excluding hydrogens is 134 g/mol. The zero-order chi connectivity index (χ0) is 7.84. The van der Waals surface area contributed by atoms with Crippen LogP contribution < -0.4 is 0 Å². The van der Waals surface area contributed by atoms with Crippen molar-refractivity contribution in [3.05, 3.63) is 35.4 Å². The molecule has 0 radical (unpaired) electrons. The van der Waals surface area contributed by atoms with E-state index in [-0.39, 0.29) is 0 Å². The van der Waals surface area contributed by atoms with Gasteiger partial charge in [0.05, 0.1) is 5.56 Å². The molecule has 1 heteroatoms. The van der Waals surface area contributed by atoms with Crippen LogP contribution in [0, 0.1) is 0 Å². The van der Waals surface area contributed by atoms with Crippen LogP contribution in [0.1, 0.15) is 18.1 Å². The Labute approximate surface area is 67.0 Å². The molecule has 1 aliphatic heterocycles. The lowest BCUT2D eigenvalue weighted by atomic mass is 10.1. The molecule has 0 fully saturated rings. The number of benzene rings is 1. The Morgan fingerprint density at radius 3 is 2.73 bits per heavy atom. The van der Waals surface area contributed by atoms with Crippen molar-refractivity contribution >= 4 is 5.71 Å². The van der Waals surface area contributed by atoms with Gasteiger partial charge in [0.2, 0.25) is 0 Å². The molecule has 1 nitrogen and oxygen atoms in total. The Bertz CT molecular complexity index is 323. The molecule has 11 heavy (non-hydrogen) atoms. The quantitative estimate of drug-likeness (QED) is 0.490. The molecule has 0 bridgehead atoms. The first-order chi connectivity index (χ1) is 5.29. The molecule has 0 atom stereocenters. The summed E-state index contributed by atoms with van der Waals surface area (Å²) in [6.45, 7) is 3.24. The van der Waals surface area contributed by atoms with Crippen LogP contribution in [0.5, 0.6) is 0 Å². The van der Waals surface area contributed by atoms with Gasteiger partial charge in [-0.2, -0.15) is 0 Å². The second kappa shape index (κ2) is 2.19. The number of hydrogen-bond acceptors (Lipinski definition) is 0. The van der Waals surface area contributed by atoms with Crippen molar-refractivity contribution < 1.29 is 4.58 Å². The summed E-state index contributed by atoms with van der Waals surface area (Å²) >= 11 is 0. The minimum Gasteiger partial charge on any atom is -0.231 e. The van der Waals surface area contributed by atoms with Gasteiger partial charge in [-0.25, -0.2) is 4.58 Å². The molecule has 1 aromatic carbocycles. The van der Waals surface area contributed by atoms with Crippen LogP contribution in [-0.2, 0) is 6.54 Å². The lowest BCUT2D eigenvalue weighted by molar-refractivity contribution is -0.509. The molecule has 1 aromatic rings. The van der Waals surface area contributed by atoms with Crippen LogP contribution in [0.3, 0.4) is 0 Å². The van der Waals surface area contributed by atoms with E-state index in [4.69, 9.17) is 0 Å². The van der Waals surface area contributed by atoms with Gasteiger partial charge in [-0.15, -0.1) is 0 Å². The van der Waals surface area contributed by atoms with Crippen LogP contribution in [-0.4, -0.2) is 17.3 Å². The van der Waals surface area contributed by atoms with Crippen molar-refractivity contribution in [3.8, 4) is 0 Å². The van der Waals surface area contributed by atoms with E-state index in [1.807, 2.05) is 0 Å². The fourth-order valence-corrected chi connectivity index (χ4v) is 1.59. The normalized spacial score (nSPS) is 15.5. The molecule has 0 aromatic heterocycles. The van der Waals surface area contributed by atoms with Gasteiger partial charge in [0.25, 0.3) is 0 Å². The molecule has 0 N–H and O–H groups in total. The van der Waals surface area contributed by atoms with Gasteiger partial charge >= 0.3 is 0 Å². The Hall–Kier alpha value is -1.11. The molecule has 0 saturated carbocycles. The maximum Gasteiger partial charge on any atom is 0.180 e. The summed E-state index contributed by atoms with van der Waals surface area (Å²) in [5, 5.41) is 0. The Kier molecular flexibility index (Phi) is 1.31. The van der Waals surface area contributed by atoms with Gasteiger partial charge in [0.1, 0.15) is 7.05 Å². The van der Waals surface area contributed by atoms with Gasteiger partial charge in [-0.05, 0) is 6.07 Å². The van der Waals surface area contributed by atoms with E-state index in [1.54, 1.807) is 0 Å². The van der Waals surface area contributed by atoms with Crippen molar-refractivity contribution in [3.63, 3.8) is 0 Å². The predicted molar refractivity (Wildman–Crippen MR) is 46.1 cm³/mol. The summed E-state index contributed by atoms with van der Waals surface area (Å²) in [6.07, 6.45) is 0. The van der Waals surface area contributed by atoms with Crippen molar-refractivity contribution in [2.45, 2.75) is 13.5 Å². The third-order valence-electron chi connectivity index (χ3n) is 2.39. The van der Waals surface area contributed by atoms with E-state index in [0.717, 1.165) is 6.54 Å². The molecule has 0 unspecified atom stereocenters. The largest absolute Gasteiger partial charge is 0.231 e. The van der Waals surface area contributed by atoms with Crippen LogP contribution >= 0.6 is 0 Å². The van der Waals surface area contributed by atoms with Crippen LogP contribution in [0.15, 0.2) is 24.3 Å². The highest BCUT2D eigenvalue weighted by Gasteiger charge is 2.20. The Balaban J connectivity index is 2.60. The lowest BCUT2D eigenvalue weighted by Gasteiger charge is -1.90. The average molecular weight is 146 g/mol. The molecule has 56 valence electrons. The summed E-state index contributed by atoms with van der Waals surface area (Å²) in [4.78, 5) is 0. The molecule has 0 amide bonds. The highest BCUT2D eigenvalue weighted by molar-refractivity contribution is 5.97. The monoisotopic (exact) mass is 146 g/mol. The molecular formula is C10H12N+. The van der Waals surface area contributed by atoms with Crippen molar-refractivity contribution in [2.24, 2.45) is 0 Å². The van der Waals surface area contributed by atoms with Crippen molar-refractivity contribution in [1.82, 2.24) is 0 Å². The summed E-state index contributed by atoms with van der Waals surface area (Å²) in [5.41, 5.74) is 4.25. The Morgan fingerprint density at radius 2 is 2.00 bits per heavy atom. The van der Waals surface area contributed by atoms with Crippen LogP contribution in [0.4, 0.5) is 0 Å². The zero-order valence-corrected chi connectivity index (χ0v) is 6.96. The molecule has 0 aliphatic carbocycles. The second-order valence-corrected chi connectivity index (χ2v) is 3.10. The molecule has 1 heterocycles. The molecule has 0 spiro atoms. The van der Waals surface area contributed by atoms with E-state index in [0.29, 0.717) is 0 Å². The van der Waals surface area contributed by atoms with Gasteiger partial charge < -0.3 is 0 Å². The van der Waals surface area contributed by atoms with E-state index >= 15 is 0 Å². The summed E-state index contributed by atoms with van der Waals surface area (Å²) in [7, 11) is 2.13. The third kappa shape index (κ3) is 0.881. The van der Waals surface area contributed by atoms with Gasteiger partial charge in [-0.1, -0.05) is 18.2 Å². The van der Waals surface area contributed by atoms with Crippen LogP contribution in [0.2, 0.25) is 0 Å². The number of hydrogen-bond donors (Lipinski definition) is 0. The van der Waals surface area contributed by atoms with Gasteiger partial charge in [0, 0.05) is 12.5 Å². The summed E-state index contributed by atoms with van der Waals surface area (Å²) in [5.74, 6) is 0. The smallest absolute Gasteiger partial charge is 0.180 e. The minimum atomic E-state index is 1.07. The second-order valence-electron chi connectivity index (χ2n) is 3.10. The van der Waals surface area contributed by atoms with E-state index in [2.05, 4.69) is 42.8 Å². The molecule has 0 saturated heterocycles. The summed E-state index contributed by atoms with van der Waals surface area (Å²) < 4.78 is 2.28. The number of fused-ring (bicyclic) bond motifs is 1. The Morgan fingerprint density at radius 1 is 1.27 bits per heavy atom. The van der Waals surface area contributed by atoms with Crippen molar-refractivity contribution in [1.29, 1.82) is 0 Å². The highest BCUT2D eigenvalue weighted by Crippen LogP contribution is 2.16. The fourth-order valence-electron chi connectivity index (χ4n) is 1.59. The first kappa shape index (κ1) is 6.59. The molecule has 2 rings (SSSR count). The first-order valence-electron chi connectivity index (χ1n) is 3.92. The van der Waals surface area contributed by atoms with Crippen LogP contribution in [0.25, 0.3) is 0 Å². The zero-order valence-electron chi connectivity index (χ0n) is 6.96. The van der Waals surface area contributed by atoms with E-state index < -0.39 is 0 Å². The van der Waals surface area contributed by atoms with Gasteiger partial charge in [-0.3, -0.25) is 0 Å². The number of nitrogens with zero attached hydrogens (tertiary/aromatic N) is 1. The first-order valence-corrected chi connectivity index (χ1v) is 3.92. The minimum absolute atomic E-state index is 1.07. The van der Waals surface area contributed by atoms with Gasteiger partial charge in [0.15, 0.2) is 12.3 Å². The molecule has 1 aliphatic rings. The highest BCUT2D eigenvalue weighted by atomic mass is 15.0. The lowest BCUT2D eigenvalue weighted by Crippen LogP contribution is -2.05. The predicted octanol–water partition coefficient (Wildman–Crippen LogP) is 1.65. The fraction of sp³-hybridized carbons (Fsp3) is 0.300. The third-order valence-corrected chi connectivity index (χ3v) is 2.39. The maximum absolute atomic E-state index is 2.28. The van der Waals surface area contributed by atoms with Crippen molar-refractivity contribution in [2.75, 3.05) is 7.05 Å². The average Bonchev–Trinajstić information content (AvgIpc) is 2.30. The number of rotatable bonds is 0. The SMILES string of the molecule is CC1=[N+](C)Cc2ccccc21. The standard InChI is InChI=1S/C10H12N/c1-8-10-6-4-3-5-9(10)7-11(8)2/h3-6H,7H2,1-2H3/q+1. The maximum atomic E-state index is 2.28. The summed E-state index contributed by atoms with van der Waals surface area (Å²) in [6, 6.07) is 8.59. The topological polar surface area (TPSA) is 3.01 Å².